The zero-order valence-electron chi connectivity index (χ0n) is 11.7. The number of H-pyrrole nitrogens is 1. The number of fused-ring (bicyclic) bond motifs is 1. The Kier molecular flexibility index (Phi) is 3.34. The highest BCUT2D eigenvalue weighted by atomic mass is 16.1. The molecular formula is C12H18N8O. The monoisotopic (exact) mass is 290 g/mol. The number of piperidine rings is 1. The number of primary amides is 1. The summed E-state index contributed by atoms with van der Waals surface area (Å²) in [6, 6.07) is 0.249. The van der Waals surface area contributed by atoms with Crippen LogP contribution in [-0.4, -0.2) is 38.7 Å². The number of nitrogen functional groups attached to an aromatic ring is 1. The molecule has 3 rings (SSSR count). The molecular weight excluding hydrogens is 272 g/mol. The van der Waals surface area contributed by atoms with Crippen molar-refractivity contribution in [2.75, 3.05) is 16.9 Å². The van der Waals surface area contributed by atoms with Crippen molar-refractivity contribution in [1.82, 2.24) is 20.2 Å². The average molecular weight is 290 g/mol. The predicted molar refractivity (Wildman–Crippen MR) is 78.2 cm³/mol. The van der Waals surface area contributed by atoms with Gasteiger partial charge in [0.05, 0.1) is 17.5 Å². The molecule has 2 aromatic rings. The summed E-state index contributed by atoms with van der Waals surface area (Å²) in [5, 5.41) is 7.60. The van der Waals surface area contributed by atoms with Crippen molar-refractivity contribution in [1.29, 1.82) is 0 Å². The first-order valence-corrected chi connectivity index (χ1v) is 6.84. The van der Waals surface area contributed by atoms with E-state index in [2.05, 4.69) is 37.4 Å². The van der Waals surface area contributed by atoms with Crippen molar-refractivity contribution in [3.63, 3.8) is 0 Å². The molecule has 1 amide bonds. The van der Waals surface area contributed by atoms with Crippen molar-refractivity contribution >= 4 is 28.7 Å². The van der Waals surface area contributed by atoms with E-state index in [0.717, 1.165) is 18.2 Å². The molecule has 112 valence electrons. The van der Waals surface area contributed by atoms with Gasteiger partial charge in [-0.25, -0.2) is 5.84 Å². The summed E-state index contributed by atoms with van der Waals surface area (Å²) >= 11 is 0. The number of hydrogen-bond acceptors (Lipinski definition) is 7. The maximum Gasteiger partial charge on any atom is 0.241 e. The number of nitrogens with zero attached hydrogens (tertiary/aromatic N) is 4. The fourth-order valence-electron chi connectivity index (χ4n) is 2.74. The molecule has 1 aliphatic rings. The van der Waals surface area contributed by atoms with Crippen LogP contribution in [0, 0.1) is 5.92 Å². The van der Waals surface area contributed by atoms with Crippen LogP contribution in [0.1, 0.15) is 19.8 Å². The highest BCUT2D eigenvalue weighted by molar-refractivity contribution is 5.88. The van der Waals surface area contributed by atoms with Crippen molar-refractivity contribution in [2.24, 2.45) is 17.5 Å². The number of amides is 1. The van der Waals surface area contributed by atoms with Crippen molar-refractivity contribution in [3.8, 4) is 0 Å². The highest BCUT2D eigenvalue weighted by Gasteiger charge is 2.31. The Morgan fingerprint density at radius 1 is 1.48 bits per heavy atom. The Bertz CT molecular complexity index is 668. The fraction of sp³-hybridized carbons (Fsp3) is 0.500. The normalized spacial score (nSPS) is 22.5. The molecule has 1 saturated heterocycles. The molecule has 3 heterocycles. The van der Waals surface area contributed by atoms with Gasteiger partial charge in [-0.3, -0.25) is 15.3 Å². The van der Waals surface area contributed by atoms with Gasteiger partial charge in [-0.15, -0.1) is 0 Å². The number of nitrogens with one attached hydrogen (secondary N) is 2. The van der Waals surface area contributed by atoms with Crippen LogP contribution in [0.25, 0.3) is 11.0 Å². The highest BCUT2D eigenvalue weighted by Crippen LogP contribution is 2.31. The summed E-state index contributed by atoms with van der Waals surface area (Å²) in [6.45, 7) is 2.64. The standard InChI is InChI=1S/C12H18N8O/c1-6-2-3-7(9(13)21)5-20(6)11-8-4-15-19-10(8)16-12(17-11)18-14/h4,6-7H,2-3,5,14H2,1H3,(H2,13,21)(H2,15,16,17,18,19). The third-order valence-electron chi connectivity index (χ3n) is 3.98. The molecule has 0 spiro atoms. The van der Waals surface area contributed by atoms with Gasteiger partial charge >= 0.3 is 0 Å². The summed E-state index contributed by atoms with van der Waals surface area (Å²) in [7, 11) is 0. The van der Waals surface area contributed by atoms with E-state index in [9.17, 15) is 4.79 Å². The van der Waals surface area contributed by atoms with E-state index < -0.39 is 0 Å². The second kappa shape index (κ2) is 5.17. The summed E-state index contributed by atoms with van der Waals surface area (Å²) < 4.78 is 0. The number of aromatic amines is 1. The Balaban J connectivity index is 2.04. The van der Waals surface area contributed by atoms with E-state index in [1.807, 2.05) is 0 Å². The van der Waals surface area contributed by atoms with Crippen LogP contribution >= 0.6 is 0 Å². The molecule has 0 saturated carbocycles. The molecule has 0 aliphatic carbocycles. The second-order valence-electron chi connectivity index (χ2n) is 5.33. The van der Waals surface area contributed by atoms with Crippen LogP contribution in [0.2, 0.25) is 0 Å². The summed E-state index contributed by atoms with van der Waals surface area (Å²) in [5.74, 6) is 5.98. The molecule has 1 aliphatic heterocycles. The van der Waals surface area contributed by atoms with E-state index in [0.29, 0.717) is 24.0 Å². The third-order valence-corrected chi connectivity index (χ3v) is 3.98. The van der Waals surface area contributed by atoms with Crippen molar-refractivity contribution < 1.29 is 4.79 Å². The molecule has 6 N–H and O–H groups in total. The Morgan fingerprint density at radius 2 is 2.29 bits per heavy atom. The lowest BCUT2D eigenvalue weighted by Gasteiger charge is -2.38. The number of rotatable bonds is 3. The Hall–Kier alpha value is -2.42. The van der Waals surface area contributed by atoms with Crippen LogP contribution in [0.4, 0.5) is 11.8 Å². The van der Waals surface area contributed by atoms with Gasteiger partial charge in [0.15, 0.2) is 5.65 Å². The van der Waals surface area contributed by atoms with Crippen LogP contribution in [0.5, 0.6) is 0 Å². The molecule has 0 radical (unpaired) electrons. The van der Waals surface area contributed by atoms with Crippen LogP contribution < -0.4 is 21.9 Å². The second-order valence-corrected chi connectivity index (χ2v) is 5.33. The topological polar surface area (TPSA) is 139 Å². The third kappa shape index (κ3) is 2.35. The number of anilines is 2. The number of hydrazine groups is 1. The lowest BCUT2D eigenvalue weighted by atomic mass is 9.93. The van der Waals surface area contributed by atoms with Crippen LogP contribution in [0.3, 0.4) is 0 Å². The van der Waals surface area contributed by atoms with Gasteiger partial charge in [0.2, 0.25) is 11.9 Å². The molecule has 9 nitrogen and oxygen atoms in total. The molecule has 0 bridgehead atoms. The van der Waals surface area contributed by atoms with Gasteiger partial charge in [-0.1, -0.05) is 0 Å². The lowest BCUT2D eigenvalue weighted by Crippen LogP contribution is -2.46. The zero-order valence-corrected chi connectivity index (χ0v) is 11.7. The van der Waals surface area contributed by atoms with Gasteiger partial charge < -0.3 is 10.6 Å². The van der Waals surface area contributed by atoms with Crippen molar-refractivity contribution in [3.05, 3.63) is 6.20 Å². The minimum absolute atomic E-state index is 0.174. The fourth-order valence-corrected chi connectivity index (χ4v) is 2.74. The maximum atomic E-state index is 11.5. The molecule has 0 aromatic carbocycles. The van der Waals surface area contributed by atoms with Gasteiger partial charge in [-0.05, 0) is 19.8 Å². The van der Waals surface area contributed by atoms with E-state index in [1.165, 1.54) is 0 Å². The van der Waals surface area contributed by atoms with E-state index in [1.54, 1.807) is 6.20 Å². The molecule has 2 atom stereocenters. The maximum absolute atomic E-state index is 11.5. The number of aromatic nitrogens is 4. The van der Waals surface area contributed by atoms with Crippen LogP contribution in [0.15, 0.2) is 6.20 Å². The molecule has 21 heavy (non-hydrogen) atoms. The van der Waals surface area contributed by atoms with Gasteiger partial charge in [-0.2, -0.15) is 15.1 Å². The smallest absolute Gasteiger partial charge is 0.241 e. The minimum atomic E-state index is -0.276. The van der Waals surface area contributed by atoms with E-state index in [4.69, 9.17) is 11.6 Å². The molecule has 2 aromatic heterocycles. The first kappa shape index (κ1) is 13.6. The van der Waals surface area contributed by atoms with Crippen molar-refractivity contribution in [2.45, 2.75) is 25.8 Å². The number of carbonyl (C=O) groups excluding carboxylic acids is 1. The number of nitrogens with two attached hydrogens (primary N) is 2. The molecule has 1 fully saturated rings. The summed E-state index contributed by atoms with van der Waals surface area (Å²) in [5.41, 5.74) is 8.50. The first-order chi connectivity index (χ1) is 10.1. The molecule has 9 heteroatoms. The zero-order chi connectivity index (χ0) is 15.0. The van der Waals surface area contributed by atoms with E-state index in [-0.39, 0.29) is 17.9 Å². The van der Waals surface area contributed by atoms with E-state index >= 15 is 0 Å². The lowest BCUT2D eigenvalue weighted by molar-refractivity contribution is -0.122. The summed E-state index contributed by atoms with van der Waals surface area (Å²) in [6.07, 6.45) is 3.35. The predicted octanol–water partition coefficient (Wildman–Crippen LogP) is -0.271. The quantitative estimate of drug-likeness (QED) is 0.450. The average Bonchev–Trinajstić information content (AvgIpc) is 2.94. The van der Waals surface area contributed by atoms with Gasteiger partial charge in [0.25, 0.3) is 0 Å². The van der Waals surface area contributed by atoms with Gasteiger partial charge in [0, 0.05) is 12.6 Å². The summed E-state index contributed by atoms with van der Waals surface area (Å²) in [4.78, 5) is 22.2. The van der Waals surface area contributed by atoms with Gasteiger partial charge in [0.1, 0.15) is 5.82 Å². The first-order valence-electron chi connectivity index (χ1n) is 6.84. The molecule has 2 unspecified atom stereocenters. The Morgan fingerprint density at radius 3 is 3.00 bits per heavy atom. The Labute approximate surface area is 121 Å². The largest absolute Gasteiger partial charge is 0.369 e. The minimum Gasteiger partial charge on any atom is -0.369 e. The SMILES string of the molecule is CC1CCC(C(N)=O)CN1c1nc(NN)nc2[nH]ncc12. The number of carbonyl (C=O) groups is 1. The number of hydrogen-bond donors (Lipinski definition) is 4. The van der Waals surface area contributed by atoms with Crippen LogP contribution in [-0.2, 0) is 4.79 Å².